The van der Waals surface area contributed by atoms with Gasteiger partial charge in [-0.15, -0.1) is 11.3 Å². The predicted octanol–water partition coefficient (Wildman–Crippen LogP) is 4.62. The lowest BCUT2D eigenvalue weighted by molar-refractivity contribution is -0.131. The van der Waals surface area contributed by atoms with E-state index in [2.05, 4.69) is 21.0 Å². The Morgan fingerprint density at radius 1 is 1.12 bits per heavy atom. The first-order chi connectivity index (χ1) is 16.7. The van der Waals surface area contributed by atoms with Crippen LogP contribution in [0.4, 0.5) is 0 Å². The number of rotatable bonds is 6. The van der Waals surface area contributed by atoms with Crippen LogP contribution in [0.25, 0.3) is 22.5 Å². The molecule has 1 aromatic carbocycles. The summed E-state index contributed by atoms with van der Waals surface area (Å²) in [6.07, 6.45) is 7.48. The number of hydrogen-bond acceptors (Lipinski definition) is 7. The van der Waals surface area contributed by atoms with Gasteiger partial charge in [0.05, 0.1) is 30.4 Å². The minimum atomic E-state index is 0.137. The van der Waals surface area contributed by atoms with E-state index in [0.29, 0.717) is 25.3 Å². The fourth-order valence-corrected chi connectivity index (χ4v) is 4.91. The zero-order chi connectivity index (χ0) is 23.3. The molecule has 0 spiro atoms. The Balaban J connectivity index is 1.42. The molecular formula is C26H25N5O2S. The molecule has 1 aliphatic rings. The van der Waals surface area contributed by atoms with Crippen molar-refractivity contribution < 1.29 is 9.53 Å². The van der Waals surface area contributed by atoms with Gasteiger partial charge in [0.25, 0.3) is 0 Å². The molecule has 0 bridgehead atoms. The third kappa shape index (κ3) is 4.82. The number of piperidine rings is 1. The molecule has 1 saturated heterocycles. The fourth-order valence-electron chi connectivity index (χ4n) is 4.35. The Bertz CT molecular complexity index is 1260. The molecule has 3 aromatic heterocycles. The molecule has 1 fully saturated rings. The minimum absolute atomic E-state index is 0.137. The summed E-state index contributed by atoms with van der Waals surface area (Å²) < 4.78 is 5.44. The summed E-state index contributed by atoms with van der Waals surface area (Å²) >= 11 is 1.52. The summed E-state index contributed by atoms with van der Waals surface area (Å²) in [5, 5.41) is 1.94. The first-order valence-electron chi connectivity index (χ1n) is 11.3. The van der Waals surface area contributed by atoms with Crippen molar-refractivity contribution in [3.8, 4) is 28.3 Å². The normalized spacial score (nSPS) is 14.2. The highest BCUT2D eigenvalue weighted by Gasteiger charge is 2.27. The molecule has 0 unspecified atom stereocenters. The zero-order valence-electron chi connectivity index (χ0n) is 18.9. The van der Waals surface area contributed by atoms with Crippen LogP contribution in [-0.4, -0.2) is 50.9 Å². The SMILES string of the molecule is COc1cccc(-c2cnc(-c3ccncc3)nc2C2CCN(C(=O)Cc3cscn3)CC2)c1. The molecule has 0 N–H and O–H groups in total. The number of pyridine rings is 1. The number of carbonyl (C=O) groups excluding carboxylic acids is 1. The number of carbonyl (C=O) groups is 1. The third-order valence-corrected chi connectivity index (χ3v) is 6.82. The molecule has 4 aromatic rings. The molecular weight excluding hydrogens is 446 g/mol. The Hall–Kier alpha value is -3.65. The number of likely N-dealkylation sites (tertiary alicyclic amines) is 1. The van der Waals surface area contributed by atoms with Crippen LogP contribution in [0.1, 0.15) is 30.1 Å². The van der Waals surface area contributed by atoms with Crippen LogP contribution >= 0.6 is 11.3 Å². The second-order valence-electron chi connectivity index (χ2n) is 8.27. The van der Waals surface area contributed by atoms with Gasteiger partial charge in [-0.1, -0.05) is 12.1 Å². The molecule has 0 aliphatic carbocycles. The minimum Gasteiger partial charge on any atom is -0.497 e. The van der Waals surface area contributed by atoms with Crippen molar-refractivity contribution in [3.63, 3.8) is 0 Å². The molecule has 5 rings (SSSR count). The highest BCUT2D eigenvalue weighted by atomic mass is 32.1. The molecule has 0 saturated carbocycles. The van der Waals surface area contributed by atoms with Crippen molar-refractivity contribution in [2.24, 2.45) is 0 Å². The lowest BCUT2D eigenvalue weighted by Crippen LogP contribution is -2.39. The van der Waals surface area contributed by atoms with Crippen molar-refractivity contribution in [2.75, 3.05) is 20.2 Å². The van der Waals surface area contributed by atoms with E-state index in [-0.39, 0.29) is 11.8 Å². The van der Waals surface area contributed by atoms with Gasteiger partial charge < -0.3 is 9.64 Å². The van der Waals surface area contributed by atoms with Gasteiger partial charge in [0.2, 0.25) is 5.91 Å². The number of ether oxygens (including phenoxy) is 1. The number of methoxy groups -OCH3 is 1. The van der Waals surface area contributed by atoms with E-state index in [9.17, 15) is 4.79 Å². The molecule has 0 atom stereocenters. The number of nitrogens with zero attached hydrogens (tertiary/aromatic N) is 5. The van der Waals surface area contributed by atoms with Crippen LogP contribution in [0, 0.1) is 0 Å². The molecule has 0 radical (unpaired) electrons. The van der Waals surface area contributed by atoms with Gasteiger partial charge in [0, 0.05) is 54.1 Å². The van der Waals surface area contributed by atoms with Crippen molar-refractivity contribution in [1.29, 1.82) is 0 Å². The lowest BCUT2D eigenvalue weighted by atomic mass is 9.88. The number of amides is 1. The van der Waals surface area contributed by atoms with Gasteiger partial charge in [-0.25, -0.2) is 15.0 Å². The number of aromatic nitrogens is 4. The predicted molar refractivity (Wildman–Crippen MR) is 132 cm³/mol. The molecule has 172 valence electrons. The molecule has 8 heteroatoms. The molecule has 1 amide bonds. The topological polar surface area (TPSA) is 81.1 Å². The molecule has 1 aliphatic heterocycles. The van der Waals surface area contributed by atoms with Crippen LogP contribution < -0.4 is 4.74 Å². The lowest BCUT2D eigenvalue weighted by Gasteiger charge is -2.32. The second kappa shape index (κ2) is 10.1. The van der Waals surface area contributed by atoms with Crippen molar-refractivity contribution in [3.05, 3.63) is 77.3 Å². The van der Waals surface area contributed by atoms with Gasteiger partial charge in [0.15, 0.2) is 5.82 Å². The average Bonchev–Trinajstić information content (AvgIpc) is 3.42. The first kappa shape index (κ1) is 22.2. The van der Waals surface area contributed by atoms with Crippen LogP contribution in [0.15, 0.2) is 65.9 Å². The van der Waals surface area contributed by atoms with Crippen LogP contribution in [0.2, 0.25) is 0 Å². The standard InChI is InChI=1S/C26H25N5O2S/c1-33-22-4-2-3-20(13-22)23-15-28-26(19-5-9-27-10-6-19)30-25(23)18-7-11-31(12-8-18)24(32)14-21-16-34-17-29-21/h2-6,9-10,13,15-18H,7-8,11-12,14H2,1H3. The van der Waals surface area contributed by atoms with Crippen LogP contribution in [0.5, 0.6) is 5.75 Å². The van der Waals surface area contributed by atoms with Gasteiger partial charge >= 0.3 is 0 Å². The molecule has 34 heavy (non-hydrogen) atoms. The summed E-state index contributed by atoms with van der Waals surface area (Å²) in [4.78, 5) is 32.8. The molecule has 4 heterocycles. The number of hydrogen-bond donors (Lipinski definition) is 0. The summed E-state index contributed by atoms with van der Waals surface area (Å²) in [5.74, 6) is 1.85. The maximum absolute atomic E-state index is 12.8. The van der Waals surface area contributed by atoms with E-state index in [1.54, 1.807) is 25.0 Å². The Morgan fingerprint density at radius 3 is 2.68 bits per heavy atom. The summed E-state index contributed by atoms with van der Waals surface area (Å²) in [7, 11) is 1.67. The van der Waals surface area contributed by atoms with Gasteiger partial charge in [0.1, 0.15) is 5.75 Å². The quantitative estimate of drug-likeness (QED) is 0.408. The van der Waals surface area contributed by atoms with E-state index in [4.69, 9.17) is 9.72 Å². The van der Waals surface area contributed by atoms with E-state index < -0.39 is 0 Å². The molecule has 7 nitrogen and oxygen atoms in total. The van der Waals surface area contributed by atoms with Crippen LogP contribution in [0.3, 0.4) is 0 Å². The highest BCUT2D eigenvalue weighted by Crippen LogP contribution is 2.36. The van der Waals surface area contributed by atoms with Crippen molar-refractivity contribution >= 4 is 17.2 Å². The Labute approximate surface area is 202 Å². The fraction of sp³-hybridized carbons (Fsp3) is 0.269. The summed E-state index contributed by atoms with van der Waals surface area (Å²) in [6.45, 7) is 1.42. The Kier molecular flexibility index (Phi) is 6.58. The van der Waals surface area contributed by atoms with E-state index in [1.165, 1.54) is 11.3 Å². The van der Waals surface area contributed by atoms with Gasteiger partial charge in [-0.3, -0.25) is 9.78 Å². The number of benzene rings is 1. The van der Waals surface area contributed by atoms with E-state index in [0.717, 1.165) is 46.7 Å². The van der Waals surface area contributed by atoms with E-state index >= 15 is 0 Å². The maximum atomic E-state index is 12.8. The smallest absolute Gasteiger partial charge is 0.228 e. The zero-order valence-corrected chi connectivity index (χ0v) is 19.7. The van der Waals surface area contributed by atoms with Gasteiger partial charge in [-0.2, -0.15) is 0 Å². The summed E-state index contributed by atoms with van der Waals surface area (Å²) in [6, 6.07) is 11.8. The second-order valence-corrected chi connectivity index (χ2v) is 8.99. The average molecular weight is 472 g/mol. The van der Waals surface area contributed by atoms with Crippen molar-refractivity contribution in [1.82, 2.24) is 24.8 Å². The largest absolute Gasteiger partial charge is 0.497 e. The first-order valence-corrected chi connectivity index (χ1v) is 12.2. The highest BCUT2D eigenvalue weighted by molar-refractivity contribution is 7.07. The number of thiazole rings is 1. The van der Waals surface area contributed by atoms with E-state index in [1.807, 2.05) is 46.8 Å². The van der Waals surface area contributed by atoms with Crippen LogP contribution in [-0.2, 0) is 11.2 Å². The maximum Gasteiger partial charge on any atom is 0.228 e. The van der Waals surface area contributed by atoms with Gasteiger partial charge in [-0.05, 0) is 42.7 Å². The monoisotopic (exact) mass is 471 g/mol. The van der Waals surface area contributed by atoms with Crippen molar-refractivity contribution in [2.45, 2.75) is 25.2 Å². The summed E-state index contributed by atoms with van der Waals surface area (Å²) in [5.41, 5.74) is 6.59. The third-order valence-electron chi connectivity index (χ3n) is 6.19. The Morgan fingerprint density at radius 2 is 1.94 bits per heavy atom.